The van der Waals surface area contributed by atoms with Gasteiger partial charge in [0.2, 0.25) is 0 Å². The molecule has 162 valence electrons. The molecule has 6 nitrogen and oxygen atoms in total. The lowest BCUT2D eigenvalue weighted by Crippen LogP contribution is -2.34. The summed E-state index contributed by atoms with van der Waals surface area (Å²) >= 11 is 0. The van der Waals surface area contributed by atoms with Crippen LogP contribution in [0.5, 0.6) is 5.75 Å². The molecule has 0 saturated heterocycles. The van der Waals surface area contributed by atoms with Gasteiger partial charge in [-0.2, -0.15) is 0 Å². The highest BCUT2D eigenvalue weighted by Crippen LogP contribution is 2.24. The van der Waals surface area contributed by atoms with Gasteiger partial charge in [-0.3, -0.25) is 4.79 Å². The van der Waals surface area contributed by atoms with E-state index < -0.39 is 17.6 Å². The molecule has 2 N–H and O–H groups in total. The van der Waals surface area contributed by atoms with Crippen molar-refractivity contribution in [3.8, 4) is 16.9 Å². The maximum atomic E-state index is 13.1. The number of carbonyl (C=O) groups is 1. The zero-order valence-corrected chi connectivity index (χ0v) is 17.0. The largest absolute Gasteiger partial charge is 0.484 e. The second kappa shape index (κ2) is 9.45. The van der Waals surface area contributed by atoms with Crippen LogP contribution in [0.3, 0.4) is 0 Å². The number of nitrogens with one attached hydrogen (secondary N) is 1. The Morgan fingerprint density at radius 3 is 2.50 bits per heavy atom. The van der Waals surface area contributed by atoms with Gasteiger partial charge in [-0.05, 0) is 41.5 Å². The number of hydrogen-bond acceptors (Lipinski definition) is 5. The highest BCUT2D eigenvalue weighted by molar-refractivity contribution is 5.83. The molecule has 1 heterocycles. The number of halogens is 1. The van der Waals surface area contributed by atoms with E-state index in [1.165, 1.54) is 30.3 Å². The van der Waals surface area contributed by atoms with Gasteiger partial charge in [-0.15, -0.1) is 0 Å². The van der Waals surface area contributed by atoms with Crippen LogP contribution in [0.1, 0.15) is 11.6 Å². The zero-order chi connectivity index (χ0) is 22.5. The second-order valence-corrected chi connectivity index (χ2v) is 7.16. The van der Waals surface area contributed by atoms with Crippen LogP contribution >= 0.6 is 0 Å². The Hall–Kier alpha value is -3.97. The van der Waals surface area contributed by atoms with Crippen LogP contribution in [-0.2, 0) is 4.79 Å². The topological polar surface area (TPSA) is 88.8 Å². The third kappa shape index (κ3) is 4.84. The average molecular weight is 433 g/mol. The first-order valence-corrected chi connectivity index (χ1v) is 9.95. The monoisotopic (exact) mass is 433 g/mol. The minimum atomic E-state index is -0.562. The molecule has 32 heavy (non-hydrogen) atoms. The first-order chi connectivity index (χ1) is 15.5. The second-order valence-electron chi connectivity index (χ2n) is 7.16. The van der Waals surface area contributed by atoms with Gasteiger partial charge >= 0.3 is 5.63 Å². The minimum Gasteiger partial charge on any atom is -0.484 e. The van der Waals surface area contributed by atoms with Gasteiger partial charge in [0.05, 0.1) is 18.2 Å². The maximum Gasteiger partial charge on any atom is 0.344 e. The number of amides is 1. The van der Waals surface area contributed by atoms with Crippen LogP contribution in [0.2, 0.25) is 0 Å². The number of fused-ring (bicyclic) bond motifs is 1. The summed E-state index contributed by atoms with van der Waals surface area (Å²) < 4.78 is 24.1. The molecule has 3 aromatic carbocycles. The average Bonchev–Trinajstić information content (AvgIpc) is 2.82. The third-order valence-electron chi connectivity index (χ3n) is 4.95. The molecular weight excluding hydrogens is 413 g/mol. The quantitative estimate of drug-likeness (QED) is 0.433. The summed E-state index contributed by atoms with van der Waals surface area (Å²) in [6.07, 6.45) is 0. The number of aliphatic hydroxyl groups excluding tert-OH is 1. The van der Waals surface area contributed by atoms with Crippen molar-refractivity contribution in [2.75, 3.05) is 13.2 Å². The van der Waals surface area contributed by atoms with Gasteiger partial charge in [-0.1, -0.05) is 42.5 Å². The highest BCUT2D eigenvalue weighted by atomic mass is 19.1. The van der Waals surface area contributed by atoms with Crippen molar-refractivity contribution in [3.05, 3.63) is 101 Å². The third-order valence-corrected chi connectivity index (χ3v) is 4.95. The Morgan fingerprint density at radius 1 is 1.03 bits per heavy atom. The molecule has 0 aliphatic carbocycles. The van der Waals surface area contributed by atoms with E-state index in [4.69, 9.17) is 9.15 Å². The summed E-state index contributed by atoms with van der Waals surface area (Å²) in [5.74, 6) is -0.439. The van der Waals surface area contributed by atoms with E-state index >= 15 is 0 Å². The fraction of sp³-hybridized carbons (Fsp3) is 0.120. The molecule has 4 aromatic rings. The molecule has 1 amide bonds. The molecule has 0 fully saturated rings. The lowest BCUT2D eigenvalue weighted by atomic mass is 10.1. The molecule has 0 aliphatic rings. The van der Waals surface area contributed by atoms with Gasteiger partial charge in [0, 0.05) is 11.5 Å². The Kier molecular flexibility index (Phi) is 6.28. The summed E-state index contributed by atoms with van der Waals surface area (Å²) in [4.78, 5) is 24.7. The molecule has 0 spiro atoms. The molecule has 0 bridgehead atoms. The van der Waals surface area contributed by atoms with Gasteiger partial charge in [-0.25, -0.2) is 9.18 Å². The van der Waals surface area contributed by atoms with Gasteiger partial charge in [0.1, 0.15) is 17.1 Å². The minimum absolute atomic E-state index is 0.243. The lowest BCUT2D eigenvalue weighted by Gasteiger charge is -2.17. The number of benzene rings is 3. The first kappa shape index (κ1) is 21.3. The molecule has 0 unspecified atom stereocenters. The number of aliphatic hydroxyl groups is 1. The van der Waals surface area contributed by atoms with E-state index in [9.17, 15) is 19.1 Å². The van der Waals surface area contributed by atoms with Gasteiger partial charge < -0.3 is 19.6 Å². The predicted octanol–water partition coefficient (Wildman–Crippen LogP) is 3.83. The fourth-order valence-electron chi connectivity index (χ4n) is 3.32. The molecule has 7 heteroatoms. The Bertz CT molecular complexity index is 1290. The van der Waals surface area contributed by atoms with E-state index in [0.29, 0.717) is 27.8 Å². The normalized spacial score (nSPS) is 11.8. The number of rotatable bonds is 7. The SMILES string of the molecule is O=C(COc1ccc2cc(-c3ccc(F)cc3)c(=O)oc2c1)N[C@H](CO)c1ccccc1. The standard InChI is InChI=1S/C25H20FNO5/c26-19-9-6-16(7-10-19)21-12-18-8-11-20(13-23(18)32-25(21)30)31-15-24(29)27-22(14-28)17-4-2-1-3-5-17/h1-13,22,28H,14-15H2,(H,27,29)/t22-/m1/s1. The van der Waals surface area contributed by atoms with E-state index in [0.717, 1.165) is 5.56 Å². The zero-order valence-electron chi connectivity index (χ0n) is 17.0. The molecular formula is C25H20FNO5. The molecule has 1 aromatic heterocycles. The van der Waals surface area contributed by atoms with Crippen LogP contribution in [0, 0.1) is 5.82 Å². The van der Waals surface area contributed by atoms with Crippen LogP contribution in [0.25, 0.3) is 22.1 Å². The van der Waals surface area contributed by atoms with E-state index in [1.807, 2.05) is 30.3 Å². The summed E-state index contributed by atoms with van der Waals surface area (Å²) in [7, 11) is 0. The highest BCUT2D eigenvalue weighted by Gasteiger charge is 2.14. The van der Waals surface area contributed by atoms with E-state index in [1.54, 1.807) is 18.2 Å². The van der Waals surface area contributed by atoms with Crippen molar-refractivity contribution in [3.63, 3.8) is 0 Å². The first-order valence-electron chi connectivity index (χ1n) is 9.95. The van der Waals surface area contributed by atoms with Crippen LogP contribution in [0.4, 0.5) is 4.39 Å². The summed E-state index contributed by atoms with van der Waals surface area (Å²) in [6, 6.07) is 20.7. The van der Waals surface area contributed by atoms with Crippen molar-refractivity contribution in [2.24, 2.45) is 0 Å². The summed E-state index contributed by atoms with van der Waals surface area (Å²) in [6.45, 7) is -0.514. The summed E-state index contributed by atoms with van der Waals surface area (Å²) in [5.41, 5.74) is 1.40. The molecule has 4 rings (SSSR count). The van der Waals surface area contributed by atoms with Crippen LogP contribution in [0.15, 0.2) is 88.1 Å². The molecule has 0 radical (unpaired) electrons. The summed E-state index contributed by atoms with van der Waals surface area (Å²) in [5, 5.41) is 12.9. The van der Waals surface area contributed by atoms with Crippen molar-refractivity contribution in [1.29, 1.82) is 0 Å². The van der Waals surface area contributed by atoms with Gasteiger partial charge in [0.15, 0.2) is 6.61 Å². The Morgan fingerprint density at radius 2 is 1.78 bits per heavy atom. The van der Waals surface area contributed by atoms with Crippen molar-refractivity contribution in [2.45, 2.75) is 6.04 Å². The van der Waals surface area contributed by atoms with Crippen molar-refractivity contribution >= 4 is 16.9 Å². The van der Waals surface area contributed by atoms with Gasteiger partial charge in [0.25, 0.3) is 5.91 Å². The maximum absolute atomic E-state index is 13.1. The fourth-order valence-corrected chi connectivity index (χ4v) is 3.32. The molecule has 1 atom stereocenters. The Labute approximate surface area is 182 Å². The van der Waals surface area contributed by atoms with Crippen molar-refractivity contribution in [1.82, 2.24) is 5.32 Å². The number of carbonyl (C=O) groups excluding carboxylic acids is 1. The van der Waals surface area contributed by atoms with Crippen LogP contribution in [-0.4, -0.2) is 24.2 Å². The van der Waals surface area contributed by atoms with E-state index in [-0.39, 0.29) is 19.0 Å². The molecule has 0 saturated carbocycles. The smallest absolute Gasteiger partial charge is 0.344 e. The predicted molar refractivity (Wildman–Crippen MR) is 118 cm³/mol. The Balaban J connectivity index is 1.46. The number of ether oxygens (including phenoxy) is 1. The lowest BCUT2D eigenvalue weighted by molar-refractivity contribution is -0.124. The number of hydrogen-bond donors (Lipinski definition) is 2. The molecule has 0 aliphatic heterocycles. The van der Waals surface area contributed by atoms with Crippen LogP contribution < -0.4 is 15.7 Å². The van der Waals surface area contributed by atoms with E-state index in [2.05, 4.69) is 5.32 Å². The van der Waals surface area contributed by atoms with Crippen molar-refractivity contribution < 1.29 is 23.4 Å².